The minimum Gasteiger partial charge on any atom is -0.510 e. The number of Topliss-reactive ketones (excluding diaryl/α,β-unsaturated/α-hetero) is 2. The van der Waals surface area contributed by atoms with Crippen molar-refractivity contribution >= 4 is 23.4 Å². The standard InChI is InChI=1S/C36H43N3O10/c1-7-49-35(46)28(16(2)3)38-15-17-8-11-24(48-6)20(12-17)19-9-10-23(40)26-21(19)13-18-14-22-29(39(4)5)31(42)27(34(37)45)33(44)36(22,47)32(43)25(18)30(26)41/h8-12,16,18,22,28-29,38,40,42-43,47H,7,13-15H2,1-6H3,(H2,37,45)/t18-,22-,28?,29+,36-/m0/s1. The third kappa shape index (κ3) is 5.75. The van der Waals surface area contributed by atoms with Crippen LogP contribution in [0.5, 0.6) is 11.5 Å². The number of allylic oxidation sites excluding steroid dienone is 1. The Labute approximate surface area is 284 Å². The minimum atomic E-state index is -2.72. The van der Waals surface area contributed by atoms with Gasteiger partial charge in [-0.3, -0.25) is 24.1 Å². The number of phenols is 1. The number of carbonyl (C=O) groups excluding carboxylic acids is 4. The number of fused-ring (bicyclic) bond motifs is 3. The number of aliphatic hydroxyl groups excluding tert-OH is 2. The molecule has 262 valence electrons. The number of ether oxygens (including phenoxy) is 2. The van der Waals surface area contributed by atoms with Crippen molar-refractivity contribution in [2.24, 2.45) is 23.5 Å². The number of aromatic hydroxyl groups is 1. The molecule has 1 amide bonds. The number of nitrogens with one attached hydrogen (secondary N) is 1. The van der Waals surface area contributed by atoms with Crippen molar-refractivity contribution in [3.63, 3.8) is 0 Å². The molecule has 13 nitrogen and oxygen atoms in total. The molecule has 0 aliphatic heterocycles. The van der Waals surface area contributed by atoms with Crippen LogP contribution in [0.15, 0.2) is 53.0 Å². The number of benzene rings is 2. The van der Waals surface area contributed by atoms with E-state index in [2.05, 4.69) is 5.32 Å². The second-order valence-electron chi connectivity index (χ2n) is 13.3. The third-order valence-electron chi connectivity index (χ3n) is 9.89. The van der Waals surface area contributed by atoms with Gasteiger partial charge in [-0.05, 0) is 80.6 Å². The van der Waals surface area contributed by atoms with Crippen LogP contribution in [0.4, 0.5) is 0 Å². The van der Waals surface area contributed by atoms with Gasteiger partial charge in [0, 0.05) is 23.6 Å². The number of primary amides is 1. The fourth-order valence-electron chi connectivity index (χ4n) is 7.63. The summed E-state index contributed by atoms with van der Waals surface area (Å²) in [7, 11) is 4.66. The van der Waals surface area contributed by atoms with E-state index in [1.165, 1.54) is 18.1 Å². The molecule has 49 heavy (non-hydrogen) atoms. The smallest absolute Gasteiger partial charge is 0.323 e. The predicted molar refractivity (Wildman–Crippen MR) is 178 cm³/mol. The lowest BCUT2D eigenvalue weighted by molar-refractivity contribution is -0.148. The highest BCUT2D eigenvalue weighted by molar-refractivity contribution is 6.25. The van der Waals surface area contributed by atoms with E-state index in [1.807, 2.05) is 26.0 Å². The molecule has 5 atom stereocenters. The second-order valence-corrected chi connectivity index (χ2v) is 13.3. The van der Waals surface area contributed by atoms with E-state index < -0.39 is 64.1 Å². The highest BCUT2D eigenvalue weighted by Crippen LogP contribution is 2.53. The van der Waals surface area contributed by atoms with Crippen molar-refractivity contribution in [3.05, 3.63) is 69.7 Å². The van der Waals surface area contributed by atoms with E-state index in [0.29, 0.717) is 29.0 Å². The maximum absolute atomic E-state index is 14.2. The molecule has 2 aromatic carbocycles. The number of ketones is 2. The van der Waals surface area contributed by atoms with Crippen LogP contribution in [0, 0.1) is 17.8 Å². The third-order valence-corrected chi connectivity index (χ3v) is 9.89. The summed E-state index contributed by atoms with van der Waals surface area (Å²) in [5.41, 5.74) is 3.95. The van der Waals surface area contributed by atoms with Crippen LogP contribution in [0.1, 0.15) is 48.7 Å². The summed E-state index contributed by atoms with van der Waals surface area (Å²) in [6, 6.07) is 6.86. The van der Waals surface area contributed by atoms with Crippen LogP contribution in [-0.4, -0.2) is 94.3 Å². The van der Waals surface area contributed by atoms with Gasteiger partial charge in [-0.15, -0.1) is 0 Å². The lowest BCUT2D eigenvalue weighted by atomic mass is 9.58. The number of esters is 1. The van der Waals surface area contributed by atoms with E-state index in [-0.39, 0.29) is 48.2 Å². The number of rotatable bonds is 10. The van der Waals surface area contributed by atoms with Gasteiger partial charge in [-0.2, -0.15) is 0 Å². The Morgan fingerprint density at radius 1 is 1.10 bits per heavy atom. The van der Waals surface area contributed by atoms with Crippen LogP contribution in [0.3, 0.4) is 0 Å². The highest BCUT2D eigenvalue weighted by atomic mass is 16.5. The Morgan fingerprint density at radius 2 is 1.80 bits per heavy atom. The lowest BCUT2D eigenvalue weighted by Crippen LogP contribution is -2.63. The molecule has 3 aliphatic rings. The first-order chi connectivity index (χ1) is 23.1. The average Bonchev–Trinajstić information content (AvgIpc) is 3.02. The van der Waals surface area contributed by atoms with Crippen LogP contribution < -0.4 is 15.8 Å². The monoisotopic (exact) mass is 677 g/mol. The van der Waals surface area contributed by atoms with Gasteiger partial charge in [0.15, 0.2) is 11.4 Å². The average molecular weight is 678 g/mol. The quantitative estimate of drug-likeness (QED) is 0.158. The van der Waals surface area contributed by atoms with Crippen molar-refractivity contribution in [2.75, 3.05) is 27.8 Å². The van der Waals surface area contributed by atoms with Gasteiger partial charge in [0.2, 0.25) is 5.78 Å². The fourth-order valence-corrected chi connectivity index (χ4v) is 7.63. The molecule has 3 aliphatic carbocycles. The number of likely N-dealkylation sites (N-methyl/N-ethyl adjacent to an activating group) is 1. The van der Waals surface area contributed by atoms with E-state index in [9.17, 15) is 39.6 Å². The van der Waals surface area contributed by atoms with Gasteiger partial charge in [0.25, 0.3) is 5.91 Å². The summed E-state index contributed by atoms with van der Waals surface area (Å²) in [6.07, 6.45) is 0.0780. The number of methoxy groups -OCH3 is 1. The molecular weight excluding hydrogens is 634 g/mol. The molecule has 1 unspecified atom stereocenters. The van der Waals surface area contributed by atoms with Crippen LogP contribution in [-0.2, 0) is 32.1 Å². The fraction of sp³-hybridized carbons (Fsp3) is 0.444. The molecule has 2 aromatic rings. The maximum atomic E-state index is 14.2. The Morgan fingerprint density at radius 3 is 2.39 bits per heavy atom. The number of carbonyl (C=O) groups is 4. The van der Waals surface area contributed by atoms with Crippen molar-refractivity contribution in [3.8, 4) is 22.6 Å². The first-order valence-corrected chi connectivity index (χ1v) is 16.2. The molecule has 0 heterocycles. The predicted octanol–water partition coefficient (Wildman–Crippen LogP) is 2.47. The number of aliphatic hydroxyl groups is 3. The molecular formula is C36H43N3O10. The van der Waals surface area contributed by atoms with E-state index >= 15 is 0 Å². The summed E-state index contributed by atoms with van der Waals surface area (Å²) in [5.74, 6) is -7.06. The van der Waals surface area contributed by atoms with Gasteiger partial charge < -0.3 is 41.0 Å². The molecule has 0 fully saturated rings. The largest absolute Gasteiger partial charge is 0.510 e. The van der Waals surface area contributed by atoms with Gasteiger partial charge >= 0.3 is 5.97 Å². The second kappa shape index (κ2) is 13.3. The molecule has 0 spiro atoms. The summed E-state index contributed by atoms with van der Waals surface area (Å²) in [6.45, 7) is 6.15. The number of hydrogen-bond donors (Lipinski definition) is 6. The molecule has 0 saturated heterocycles. The molecule has 5 rings (SSSR count). The molecule has 0 aromatic heterocycles. The van der Waals surface area contributed by atoms with Gasteiger partial charge in [0.1, 0.15) is 34.6 Å². The van der Waals surface area contributed by atoms with Crippen LogP contribution in [0.2, 0.25) is 0 Å². The van der Waals surface area contributed by atoms with E-state index in [1.54, 1.807) is 33.2 Å². The zero-order valence-electron chi connectivity index (χ0n) is 28.4. The van der Waals surface area contributed by atoms with E-state index in [0.717, 1.165) is 5.56 Å². The zero-order chi connectivity index (χ0) is 36.1. The van der Waals surface area contributed by atoms with E-state index in [4.69, 9.17) is 15.2 Å². The lowest BCUT2D eigenvalue weighted by Gasteiger charge is -2.50. The SMILES string of the molecule is CCOC(=O)C(NCc1ccc(OC)c(-c2ccc(O)c3c2C[C@H]2C[C@H]4[C@@H](N(C)C)C(O)=C(C(N)=O)C(=O)[C@@]4(O)C(O)=C2C3=O)c1)C(C)C. The summed E-state index contributed by atoms with van der Waals surface area (Å²) < 4.78 is 10.9. The van der Waals surface area contributed by atoms with Gasteiger partial charge in [-0.1, -0.05) is 26.0 Å². The number of phenolic OH excluding ortho intramolecular Hbond substituents is 1. The molecule has 0 saturated carbocycles. The topological polar surface area (TPSA) is 209 Å². The molecule has 0 radical (unpaired) electrons. The summed E-state index contributed by atoms with van der Waals surface area (Å²) >= 11 is 0. The number of nitrogens with zero attached hydrogens (tertiary/aromatic N) is 1. The summed E-state index contributed by atoms with van der Waals surface area (Å²) in [5, 5.41) is 48.8. The first-order valence-electron chi connectivity index (χ1n) is 16.2. The van der Waals surface area contributed by atoms with Crippen molar-refractivity contribution in [1.82, 2.24) is 10.2 Å². The number of nitrogens with two attached hydrogens (primary N) is 1. The number of amides is 1. The zero-order valence-corrected chi connectivity index (χ0v) is 28.4. The van der Waals surface area contributed by atoms with Gasteiger partial charge in [0.05, 0.1) is 25.3 Å². The minimum absolute atomic E-state index is 0.0353. The van der Waals surface area contributed by atoms with Crippen LogP contribution in [0.25, 0.3) is 11.1 Å². The van der Waals surface area contributed by atoms with Crippen molar-refractivity contribution in [1.29, 1.82) is 0 Å². The summed E-state index contributed by atoms with van der Waals surface area (Å²) in [4.78, 5) is 54.1. The molecule has 7 N–H and O–H groups in total. The van der Waals surface area contributed by atoms with Crippen molar-refractivity contribution < 1.29 is 49.1 Å². The van der Waals surface area contributed by atoms with Gasteiger partial charge in [-0.25, -0.2) is 0 Å². The Bertz CT molecular complexity index is 1790. The maximum Gasteiger partial charge on any atom is 0.323 e. The Hall–Kier alpha value is -4.72. The Kier molecular flexibility index (Phi) is 9.66. The number of hydrogen-bond acceptors (Lipinski definition) is 12. The molecule has 13 heteroatoms. The van der Waals surface area contributed by atoms with Crippen LogP contribution >= 0.6 is 0 Å². The first kappa shape index (κ1) is 35.6. The van der Waals surface area contributed by atoms with Crippen molar-refractivity contribution in [2.45, 2.75) is 57.8 Å². The normalized spacial score (nSPS) is 24.1. The Balaban J connectivity index is 1.61. The molecule has 0 bridgehead atoms. The highest BCUT2D eigenvalue weighted by Gasteiger charge is 2.63.